The summed E-state index contributed by atoms with van der Waals surface area (Å²) in [5.74, 6) is -2.21. The molecule has 0 saturated heterocycles. The van der Waals surface area contributed by atoms with Gasteiger partial charge in [0.15, 0.2) is 0 Å². The normalized spacial score (nSPS) is 13.1. The summed E-state index contributed by atoms with van der Waals surface area (Å²) < 4.78 is 0. The van der Waals surface area contributed by atoms with Gasteiger partial charge in [0.2, 0.25) is 0 Å². The lowest BCUT2D eigenvalue weighted by Crippen LogP contribution is -2.24. The third-order valence-electron chi connectivity index (χ3n) is 3.55. The van der Waals surface area contributed by atoms with Crippen molar-refractivity contribution >= 4 is 23.5 Å². The molecule has 0 bridgehead atoms. The van der Waals surface area contributed by atoms with Crippen molar-refractivity contribution in [1.29, 1.82) is 0 Å². The lowest BCUT2D eigenvalue weighted by Gasteiger charge is -2.14. The van der Waals surface area contributed by atoms with Crippen LogP contribution in [-0.4, -0.2) is 23.5 Å². The van der Waals surface area contributed by atoms with Gasteiger partial charge >= 0.3 is 11.9 Å². The van der Waals surface area contributed by atoms with Crippen molar-refractivity contribution in [1.82, 2.24) is 0 Å². The van der Waals surface area contributed by atoms with E-state index in [0.29, 0.717) is 25.7 Å². The van der Waals surface area contributed by atoms with Gasteiger partial charge in [0, 0.05) is 12.8 Å². The van der Waals surface area contributed by atoms with E-state index in [2.05, 4.69) is 9.78 Å². The van der Waals surface area contributed by atoms with Gasteiger partial charge < -0.3 is 9.59 Å². The standard InChI is InChI=1S/C16H26O6/c1-5-13(9-7-11(3)17)15(19)21-22-16(20)14(6-2)10-8-12(4)18/h13-14H,5-10H2,1-4H3. The maximum absolute atomic E-state index is 11.8. The van der Waals surface area contributed by atoms with Gasteiger partial charge in [0.1, 0.15) is 11.6 Å². The predicted molar refractivity (Wildman–Crippen MR) is 79.6 cm³/mol. The van der Waals surface area contributed by atoms with Crippen LogP contribution in [0.4, 0.5) is 0 Å². The summed E-state index contributed by atoms with van der Waals surface area (Å²) in [6, 6.07) is 0. The Hall–Kier alpha value is -1.72. The zero-order valence-electron chi connectivity index (χ0n) is 13.8. The molecular weight excluding hydrogens is 288 g/mol. The summed E-state index contributed by atoms with van der Waals surface area (Å²) in [4.78, 5) is 54.7. The fourth-order valence-electron chi connectivity index (χ4n) is 1.95. The fourth-order valence-corrected chi connectivity index (χ4v) is 1.95. The molecule has 2 unspecified atom stereocenters. The van der Waals surface area contributed by atoms with Gasteiger partial charge in [-0.1, -0.05) is 13.8 Å². The Kier molecular flexibility index (Phi) is 10.1. The molecule has 6 heteroatoms. The molecule has 0 heterocycles. The molecule has 0 aromatic heterocycles. The summed E-state index contributed by atoms with van der Waals surface area (Å²) >= 11 is 0. The molecule has 0 aliphatic heterocycles. The van der Waals surface area contributed by atoms with Gasteiger partial charge in [-0.05, 0) is 39.5 Å². The second-order valence-electron chi connectivity index (χ2n) is 5.50. The Morgan fingerprint density at radius 1 is 0.727 bits per heavy atom. The fraction of sp³-hybridized carbons (Fsp3) is 0.750. The van der Waals surface area contributed by atoms with Gasteiger partial charge in [-0.3, -0.25) is 0 Å². The average Bonchev–Trinajstić information content (AvgIpc) is 2.45. The first kappa shape index (κ1) is 20.3. The quantitative estimate of drug-likeness (QED) is 0.455. The zero-order valence-corrected chi connectivity index (χ0v) is 13.8. The summed E-state index contributed by atoms with van der Waals surface area (Å²) in [7, 11) is 0. The van der Waals surface area contributed by atoms with E-state index in [0.717, 1.165) is 0 Å². The predicted octanol–water partition coefficient (Wildman–Crippen LogP) is 2.78. The van der Waals surface area contributed by atoms with E-state index >= 15 is 0 Å². The number of hydrogen-bond donors (Lipinski definition) is 0. The maximum Gasteiger partial charge on any atom is 0.358 e. The molecule has 0 fully saturated rings. The molecule has 0 aliphatic carbocycles. The van der Waals surface area contributed by atoms with Gasteiger partial charge in [-0.2, -0.15) is 0 Å². The van der Waals surface area contributed by atoms with E-state index in [9.17, 15) is 19.2 Å². The highest BCUT2D eigenvalue weighted by Crippen LogP contribution is 2.16. The highest BCUT2D eigenvalue weighted by Gasteiger charge is 2.24. The van der Waals surface area contributed by atoms with Crippen molar-refractivity contribution < 1.29 is 29.0 Å². The van der Waals surface area contributed by atoms with Gasteiger partial charge in [0.05, 0.1) is 11.8 Å². The molecule has 0 rings (SSSR count). The van der Waals surface area contributed by atoms with Gasteiger partial charge in [0.25, 0.3) is 0 Å². The lowest BCUT2D eigenvalue weighted by molar-refractivity contribution is -0.265. The molecule has 0 aliphatic rings. The van der Waals surface area contributed by atoms with Crippen LogP contribution < -0.4 is 0 Å². The summed E-state index contributed by atoms with van der Waals surface area (Å²) in [5.41, 5.74) is 0. The van der Waals surface area contributed by atoms with Gasteiger partial charge in [-0.15, -0.1) is 0 Å². The van der Waals surface area contributed by atoms with E-state index in [1.807, 2.05) is 0 Å². The number of carbonyl (C=O) groups excluding carboxylic acids is 4. The number of hydrogen-bond acceptors (Lipinski definition) is 6. The van der Waals surface area contributed by atoms with Crippen molar-refractivity contribution in [3.05, 3.63) is 0 Å². The molecule has 0 aromatic carbocycles. The smallest absolute Gasteiger partial charge is 0.300 e. The first-order chi connectivity index (χ1) is 10.3. The Morgan fingerprint density at radius 3 is 1.27 bits per heavy atom. The minimum atomic E-state index is -0.640. The van der Waals surface area contributed by atoms with E-state index in [-0.39, 0.29) is 24.4 Å². The number of rotatable bonds is 10. The molecule has 0 aromatic rings. The van der Waals surface area contributed by atoms with Crippen LogP contribution >= 0.6 is 0 Å². The third kappa shape index (κ3) is 8.54. The van der Waals surface area contributed by atoms with E-state index in [4.69, 9.17) is 0 Å². The number of carbonyl (C=O) groups is 4. The molecule has 0 amide bonds. The molecule has 0 N–H and O–H groups in total. The summed E-state index contributed by atoms with van der Waals surface area (Å²) in [6.45, 7) is 6.52. The minimum Gasteiger partial charge on any atom is -0.300 e. The molecule has 0 spiro atoms. The number of Topliss-reactive ketones (excluding diaryl/α,β-unsaturated/α-hetero) is 2. The molecule has 0 saturated carbocycles. The van der Waals surface area contributed by atoms with E-state index in [1.54, 1.807) is 13.8 Å². The molecular formula is C16H26O6. The molecule has 22 heavy (non-hydrogen) atoms. The summed E-state index contributed by atoms with van der Waals surface area (Å²) in [6.07, 6.45) is 2.35. The Morgan fingerprint density at radius 2 is 1.05 bits per heavy atom. The highest BCUT2D eigenvalue weighted by molar-refractivity contribution is 5.79. The topological polar surface area (TPSA) is 86.7 Å². The first-order valence-electron chi connectivity index (χ1n) is 7.72. The Balaban J connectivity index is 4.31. The van der Waals surface area contributed by atoms with Crippen molar-refractivity contribution in [3.8, 4) is 0 Å². The largest absolute Gasteiger partial charge is 0.358 e. The average molecular weight is 314 g/mol. The maximum atomic E-state index is 11.8. The Labute approximate surface area is 131 Å². The van der Waals surface area contributed by atoms with Crippen LogP contribution in [0.1, 0.15) is 66.2 Å². The van der Waals surface area contributed by atoms with Crippen LogP contribution in [-0.2, 0) is 29.0 Å². The van der Waals surface area contributed by atoms with Crippen LogP contribution in [0.3, 0.4) is 0 Å². The van der Waals surface area contributed by atoms with Crippen molar-refractivity contribution in [3.63, 3.8) is 0 Å². The second kappa shape index (κ2) is 10.9. The van der Waals surface area contributed by atoms with Crippen LogP contribution in [0.15, 0.2) is 0 Å². The van der Waals surface area contributed by atoms with E-state index < -0.39 is 23.8 Å². The molecule has 126 valence electrons. The molecule has 6 nitrogen and oxygen atoms in total. The minimum absolute atomic E-state index is 0.00137. The molecule has 0 radical (unpaired) electrons. The van der Waals surface area contributed by atoms with Crippen LogP contribution in [0.2, 0.25) is 0 Å². The van der Waals surface area contributed by atoms with Gasteiger partial charge in [-0.25, -0.2) is 19.4 Å². The molecule has 2 atom stereocenters. The van der Waals surface area contributed by atoms with Crippen LogP contribution in [0.25, 0.3) is 0 Å². The van der Waals surface area contributed by atoms with E-state index in [1.165, 1.54) is 13.8 Å². The first-order valence-corrected chi connectivity index (χ1v) is 7.72. The van der Waals surface area contributed by atoms with Crippen LogP contribution in [0, 0.1) is 11.8 Å². The van der Waals surface area contributed by atoms with Crippen molar-refractivity contribution in [2.75, 3.05) is 0 Å². The zero-order chi connectivity index (χ0) is 17.1. The lowest BCUT2D eigenvalue weighted by atomic mass is 9.99. The SMILES string of the molecule is CCC(CCC(C)=O)C(=O)OOC(=O)C(CC)CCC(C)=O. The Bertz CT molecular complexity index is 363. The third-order valence-corrected chi connectivity index (χ3v) is 3.55. The van der Waals surface area contributed by atoms with Crippen molar-refractivity contribution in [2.45, 2.75) is 66.2 Å². The van der Waals surface area contributed by atoms with Crippen LogP contribution in [0.5, 0.6) is 0 Å². The highest BCUT2D eigenvalue weighted by atomic mass is 17.2. The number of ketones is 2. The van der Waals surface area contributed by atoms with Crippen molar-refractivity contribution in [2.24, 2.45) is 11.8 Å². The summed E-state index contributed by atoms with van der Waals surface area (Å²) in [5, 5.41) is 0. The second-order valence-corrected chi connectivity index (χ2v) is 5.50. The monoisotopic (exact) mass is 314 g/mol.